The van der Waals surface area contributed by atoms with E-state index in [9.17, 15) is 26.4 Å². The van der Waals surface area contributed by atoms with Gasteiger partial charge in [0.15, 0.2) is 0 Å². The molecule has 0 aliphatic rings. The number of benzene rings is 2. The van der Waals surface area contributed by atoms with Crippen molar-refractivity contribution < 1.29 is 31.5 Å². The minimum Gasteiger partial charge on any atom is -0.478 e. The van der Waals surface area contributed by atoms with Crippen molar-refractivity contribution >= 4 is 33.4 Å². The highest BCUT2D eigenvalue weighted by Gasteiger charge is 2.37. The first-order chi connectivity index (χ1) is 11.6. The van der Waals surface area contributed by atoms with E-state index in [4.69, 9.17) is 5.11 Å². The van der Waals surface area contributed by atoms with Crippen LogP contribution < -0.4 is 4.72 Å². The van der Waals surface area contributed by atoms with E-state index in [0.29, 0.717) is 6.07 Å². The Kier molecular flexibility index (Phi) is 5.33. The highest BCUT2D eigenvalue weighted by atomic mass is 32.2. The largest absolute Gasteiger partial charge is 0.478 e. The van der Waals surface area contributed by atoms with Crippen molar-refractivity contribution in [1.29, 1.82) is 0 Å². The molecule has 2 rings (SSSR count). The van der Waals surface area contributed by atoms with Crippen molar-refractivity contribution in [3.05, 3.63) is 53.6 Å². The minimum absolute atomic E-state index is 0.00511. The Morgan fingerprint density at radius 1 is 1.16 bits per heavy atom. The molecule has 0 fully saturated rings. The van der Waals surface area contributed by atoms with Gasteiger partial charge in [-0.2, -0.15) is 13.2 Å². The Hall–Kier alpha value is -2.20. The number of alkyl halides is 3. The van der Waals surface area contributed by atoms with Crippen LogP contribution in [-0.4, -0.2) is 25.7 Å². The summed E-state index contributed by atoms with van der Waals surface area (Å²) >= 11 is 1.06. The van der Waals surface area contributed by atoms with Gasteiger partial charge >= 0.3 is 12.1 Å². The number of sulfonamides is 1. The standard InChI is InChI=1S/C15H12F3NO4S2/c1-24-12-8-9(14(20)21)6-7-11(12)19-25(22,23)13-5-3-2-4-10(13)15(16,17)18/h2-8,19H,1H3,(H,20,21). The number of nitrogens with one attached hydrogen (secondary N) is 1. The van der Waals surface area contributed by atoms with Crippen LogP contribution in [0.2, 0.25) is 0 Å². The first kappa shape index (κ1) is 19.1. The number of carboxylic acid groups (broad SMARTS) is 1. The van der Waals surface area contributed by atoms with Gasteiger partial charge in [-0.25, -0.2) is 13.2 Å². The van der Waals surface area contributed by atoms with Gasteiger partial charge in [-0.1, -0.05) is 12.1 Å². The van der Waals surface area contributed by atoms with Gasteiger partial charge in [0, 0.05) is 4.90 Å². The lowest BCUT2D eigenvalue weighted by Gasteiger charge is -2.16. The molecule has 0 unspecified atom stereocenters. The number of thioether (sulfide) groups is 1. The normalized spacial score (nSPS) is 12.0. The summed E-state index contributed by atoms with van der Waals surface area (Å²) in [5, 5.41) is 8.96. The van der Waals surface area contributed by atoms with E-state index in [1.165, 1.54) is 18.2 Å². The molecular weight excluding hydrogens is 379 g/mol. The molecule has 2 aromatic rings. The lowest BCUT2D eigenvalue weighted by molar-refractivity contribution is -0.139. The second kappa shape index (κ2) is 6.96. The summed E-state index contributed by atoms with van der Waals surface area (Å²) in [5.74, 6) is -1.20. The summed E-state index contributed by atoms with van der Waals surface area (Å²) < 4.78 is 66.1. The first-order valence-corrected chi connectivity index (χ1v) is 9.37. The maximum atomic E-state index is 13.0. The molecule has 134 valence electrons. The molecule has 0 aliphatic heterocycles. The third-order valence-electron chi connectivity index (χ3n) is 3.17. The van der Waals surface area contributed by atoms with Crippen molar-refractivity contribution in [3.8, 4) is 0 Å². The topological polar surface area (TPSA) is 83.5 Å². The second-order valence-electron chi connectivity index (χ2n) is 4.82. The smallest absolute Gasteiger partial charge is 0.417 e. The van der Waals surface area contributed by atoms with E-state index in [-0.39, 0.29) is 16.1 Å². The Morgan fingerprint density at radius 3 is 2.36 bits per heavy atom. The predicted molar refractivity (Wildman–Crippen MR) is 87.4 cm³/mol. The summed E-state index contributed by atoms with van der Waals surface area (Å²) in [7, 11) is -4.52. The molecule has 5 nitrogen and oxygen atoms in total. The monoisotopic (exact) mass is 391 g/mol. The van der Waals surface area contributed by atoms with Gasteiger partial charge in [0.1, 0.15) is 0 Å². The molecule has 0 aromatic heterocycles. The second-order valence-corrected chi connectivity index (χ2v) is 7.32. The summed E-state index contributed by atoms with van der Waals surface area (Å²) in [6, 6.07) is 7.41. The molecule has 10 heteroatoms. The molecule has 2 aromatic carbocycles. The van der Waals surface area contributed by atoms with Crippen LogP contribution in [0, 0.1) is 0 Å². The van der Waals surface area contributed by atoms with E-state index in [1.54, 1.807) is 6.26 Å². The van der Waals surface area contributed by atoms with Crippen molar-refractivity contribution in [3.63, 3.8) is 0 Å². The molecule has 25 heavy (non-hydrogen) atoms. The van der Waals surface area contributed by atoms with Gasteiger partial charge in [-0.05, 0) is 36.6 Å². The summed E-state index contributed by atoms with van der Waals surface area (Å²) in [6.45, 7) is 0. The van der Waals surface area contributed by atoms with E-state index >= 15 is 0 Å². The Labute approximate surface area is 145 Å². The molecule has 2 N–H and O–H groups in total. The number of carboxylic acids is 1. The molecule has 0 bridgehead atoms. The maximum Gasteiger partial charge on any atom is 0.417 e. The van der Waals surface area contributed by atoms with E-state index in [2.05, 4.69) is 4.72 Å². The van der Waals surface area contributed by atoms with Crippen LogP contribution in [0.15, 0.2) is 52.3 Å². The van der Waals surface area contributed by atoms with Crippen molar-refractivity contribution in [2.75, 3.05) is 11.0 Å². The fraction of sp³-hybridized carbons (Fsp3) is 0.133. The quantitative estimate of drug-likeness (QED) is 0.755. The minimum atomic E-state index is -4.83. The van der Waals surface area contributed by atoms with Crippen molar-refractivity contribution in [1.82, 2.24) is 0 Å². The molecule has 0 aliphatic carbocycles. The van der Waals surface area contributed by atoms with Crippen LogP contribution in [0.4, 0.5) is 18.9 Å². The Balaban J connectivity index is 2.49. The van der Waals surface area contributed by atoms with Crippen LogP contribution >= 0.6 is 11.8 Å². The van der Waals surface area contributed by atoms with E-state index in [1.807, 2.05) is 0 Å². The molecule has 0 spiro atoms. The van der Waals surface area contributed by atoms with E-state index in [0.717, 1.165) is 30.0 Å². The summed E-state index contributed by atoms with van der Waals surface area (Å²) in [6.07, 6.45) is -3.25. The molecule has 0 saturated heterocycles. The van der Waals surface area contributed by atoms with Crippen molar-refractivity contribution in [2.24, 2.45) is 0 Å². The zero-order valence-corrected chi connectivity index (χ0v) is 14.3. The van der Waals surface area contributed by atoms with Crippen LogP contribution in [0.5, 0.6) is 0 Å². The number of rotatable bonds is 5. The van der Waals surface area contributed by atoms with Gasteiger partial charge in [0.2, 0.25) is 0 Å². The number of hydrogen-bond acceptors (Lipinski definition) is 4. The Bertz CT molecular complexity index is 911. The fourth-order valence-electron chi connectivity index (χ4n) is 2.04. The number of anilines is 1. The fourth-order valence-corrected chi connectivity index (χ4v) is 4.00. The highest BCUT2D eigenvalue weighted by Crippen LogP contribution is 2.35. The van der Waals surface area contributed by atoms with Crippen LogP contribution in [0.3, 0.4) is 0 Å². The molecule has 0 atom stereocenters. The SMILES string of the molecule is CSc1cc(C(=O)O)ccc1NS(=O)(=O)c1ccccc1C(F)(F)F. The average molecular weight is 391 g/mol. The van der Waals surface area contributed by atoms with Crippen LogP contribution in [0.25, 0.3) is 0 Å². The third kappa shape index (κ3) is 4.26. The lowest BCUT2D eigenvalue weighted by Crippen LogP contribution is -2.19. The average Bonchev–Trinajstić information content (AvgIpc) is 2.54. The zero-order chi connectivity index (χ0) is 18.8. The Morgan fingerprint density at radius 2 is 1.80 bits per heavy atom. The highest BCUT2D eigenvalue weighted by molar-refractivity contribution is 7.99. The maximum absolute atomic E-state index is 13.0. The molecule has 0 radical (unpaired) electrons. The predicted octanol–water partition coefficient (Wildman–Crippen LogP) is 3.93. The lowest BCUT2D eigenvalue weighted by atomic mass is 10.2. The van der Waals surface area contributed by atoms with Crippen LogP contribution in [-0.2, 0) is 16.2 Å². The van der Waals surface area contributed by atoms with Gasteiger partial charge < -0.3 is 5.11 Å². The van der Waals surface area contributed by atoms with Gasteiger partial charge in [0.05, 0.1) is 21.7 Å². The summed E-state index contributed by atoms with van der Waals surface area (Å²) in [4.78, 5) is 10.3. The van der Waals surface area contributed by atoms with Gasteiger partial charge in [-0.15, -0.1) is 11.8 Å². The molecular formula is C15H12F3NO4S2. The number of halogens is 3. The number of aromatic carboxylic acids is 1. The number of hydrogen-bond donors (Lipinski definition) is 2. The van der Waals surface area contributed by atoms with Gasteiger partial charge in [0.25, 0.3) is 10.0 Å². The van der Waals surface area contributed by atoms with Crippen LogP contribution in [0.1, 0.15) is 15.9 Å². The zero-order valence-electron chi connectivity index (χ0n) is 12.7. The first-order valence-electron chi connectivity index (χ1n) is 6.66. The molecule has 0 amide bonds. The van der Waals surface area contributed by atoms with Crippen molar-refractivity contribution in [2.45, 2.75) is 16.0 Å². The van der Waals surface area contributed by atoms with E-state index < -0.39 is 32.6 Å². The number of carbonyl (C=O) groups is 1. The third-order valence-corrected chi connectivity index (χ3v) is 5.38. The van der Waals surface area contributed by atoms with Gasteiger partial charge in [-0.3, -0.25) is 4.72 Å². The molecule has 0 saturated carbocycles. The summed E-state index contributed by atoms with van der Waals surface area (Å²) in [5.41, 5.74) is -1.35. The molecule has 0 heterocycles.